The van der Waals surface area contributed by atoms with Crippen molar-refractivity contribution in [3.63, 3.8) is 0 Å². The molecule has 1 heterocycles. The molecule has 0 fully saturated rings. The zero-order valence-corrected chi connectivity index (χ0v) is 18.5. The van der Waals surface area contributed by atoms with Gasteiger partial charge >= 0.3 is 0 Å². The topological polar surface area (TPSA) is 115 Å². The molecule has 0 unspecified atom stereocenters. The highest BCUT2D eigenvalue weighted by atomic mass is 16.5. The summed E-state index contributed by atoms with van der Waals surface area (Å²) in [5.74, 6) is 1.82. The van der Waals surface area contributed by atoms with Gasteiger partial charge in [0.05, 0.1) is 20.3 Å². The van der Waals surface area contributed by atoms with E-state index in [2.05, 4.69) is 20.5 Å². The lowest BCUT2D eigenvalue weighted by Crippen LogP contribution is -2.20. The molecular formula is C23H26N4O5. The quantitative estimate of drug-likeness (QED) is 0.527. The second-order valence-corrected chi connectivity index (χ2v) is 7.26. The number of methoxy groups -OCH3 is 2. The highest BCUT2D eigenvalue weighted by Gasteiger charge is 2.12. The first-order valence-corrected chi connectivity index (χ1v) is 10.1. The fourth-order valence-electron chi connectivity index (χ4n) is 3.01. The number of ether oxygens (including phenoxy) is 3. The number of carbonyl (C=O) groups excluding carboxylic acids is 1. The van der Waals surface area contributed by atoms with Crippen molar-refractivity contribution < 1.29 is 19.0 Å². The van der Waals surface area contributed by atoms with Gasteiger partial charge in [0.2, 0.25) is 5.91 Å². The van der Waals surface area contributed by atoms with Gasteiger partial charge in [0.15, 0.2) is 17.3 Å². The Labute approximate surface area is 185 Å². The minimum absolute atomic E-state index is 0.0305. The van der Waals surface area contributed by atoms with Gasteiger partial charge in [-0.05, 0) is 38.1 Å². The van der Waals surface area contributed by atoms with Crippen LogP contribution in [0.5, 0.6) is 17.2 Å². The van der Waals surface area contributed by atoms with Crippen LogP contribution in [0.2, 0.25) is 0 Å². The summed E-state index contributed by atoms with van der Waals surface area (Å²) in [5.41, 5.74) is 1.05. The van der Waals surface area contributed by atoms with Gasteiger partial charge in [-0.3, -0.25) is 9.59 Å². The van der Waals surface area contributed by atoms with E-state index in [1.807, 2.05) is 32.0 Å². The molecular weight excluding hydrogens is 412 g/mol. The fourth-order valence-corrected chi connectivity index (χ4v) is 3.01. The van der Waals surface area contributed by atoms with Crippen LogP contribution in [0.3, 0.4) is 0 Å². The molecule has 0 saturated heterocycles. The second-order valence-electron chi connectivity index (χ2n) is 7.26. The average molecular weight is 438 g/mol. The van der Waals surface area contributed by atoms with Gasteiger partial charge < -0.3 is 24.5 Å². The van der Waals surface area contributed by atoms with Crippen molar-refractivity contribution in [3.05, 3.63) is 58.5 Å². The van der Waals surface area contributed by atoms with E-state index in [4.69, 9.17) is 14.2 Å². The van der Waals surface area contributed by atoms with Crippen LogP contribution in [0, 0.1) is 0 Å². The Hall–Kier alpha value is -3.88. The van der Waals surface area contributed by atoms with E-state index in [1.165, 1.54) is 14.2 Å². The number of H-pyrrole nitrogens is 1. The highest BCUT2D eigenvalue weighted by Crippen LogP contribution is 2.29. The van der Waals surface area contributed by atoms with Gasteiger partial charge in [-0.15, -0.1) is 10.2 Å². The van der Waals surface area contributed by atoms with Crippen LogP contribution >= 0.6 is 0 Å². The average Bonchev–Trinajstić information content (AvgIpc) is 2.77. The van der Waals surface area contributed by atoms with Crippen molar-refractivity contribution >= 4 is 11.6 Å². The first-order valence-electron chi connectivity index (χ1n) is 10.1. The number of aromatic amines is 1. The normalized spacial score (nSPS) is 10.7. The van der Waals surface area contributed by atoms with Crippen molar-refractivity contribution in [2.45, 2.75) is 32.8 Å². The summed E-state index contributed by atoms with van der Waals surface area (Å²) in [4.78, 5) is 27.5. The first-order chi connectivity index (χ1) is 15.4. The number of benzene rings is 2. The molecule has 2 aromatic carbocycles. The Morgan fingerprint density at radius 2 is 1.84 bits per heavy atom. The van der Waals surface area contributed by atoms with Crippen LogP contribution in [-0.4, -0.2) is 41.4 Å². The SMILES string of the molecule is COc1ccc(NC(=O)CCc2nnc(-c3cccc(OC(C)C)c3)[nH]c2=O)cc1OC. The van der Waals surface area contributed by atoms with Crippen molar-refractivity contribution in [1.29, 1.82) is 0 Å². The van der Waals surface area contributed by atoms with E-state index in [9.17, 15) is 9.59 Å². The number of anilines is 1. The lowest BCUT2D eigenvalue weighted by Gasteiger charge is -2.11. The van der Waals surface area contributed by atoms with E-state index in [1.54, 1.807) is 24.3 Å². The number of aryl methyl sites for hydroxylation is 1. The number of carbonyl (C=O) groups is 1. The summed E-state index contributed by atoms with van der Waals surface area (Å²) in [6.45, 7) is 3.87. The largest absolute Gasteiger partial charge is 0.493 e. The van der Waals surface area contributed by atoms with E-state index in [-0.39, 0.29) is 36.1 Å². The smallest absolute Gasteiger partial charge is 0.273 e. The van der Waals surface area contributed by atoms with E-state index in [0.717, 1.165) is 0 Å². The molecule has 0 aliphatic heterocycles. The summed E-state index contributed by atoms with van der Waals surface area (Å²) in [6.07, 6.45) is 0.254. The molecule has 0 radical (unpaired) electrons. The summed E-state index contributed by atoms with van der Waals surface area (Å²) < 4.78 is 16.1. The maximum Gasteiger partial charge on any atom is 0.273 e. The van der Waals surface area contributed by atoms with Gasteiger partial charge in [-0.25, -0.2) is 0 Å². The minimum Gasteiger partial charge on any atom is -0.493 e. The number of nitrogens with zero attached hydrogens (tertiary/aromatic N) is 2. The van der Waals surface area contributed by atoms with E-state index < -0.39 is 0 Å². The Balaban J connectivity index is 1.64. The van der Waals surface area contributed by atoms with Crippen molar-refractivity contribution in [2.75, 3.05) is 19.5 Å². The predicted octanol–water partition coefficient (Wildman–Crippen LogP) is 3.21. The number of aromatic nitrogens is 3. The van der Waals surface area contributed by atoms with Crippen LogP contribution in [0.1, 0.15) is 26.0 Å². The van der Waals surface area contributed by atoms with E-state index >= 15 is 0 Å². The fraction of sp³-hybridized carbons (Fsp3) is 0.304. The van der Waals surface area contributed by atoms with Gasteiger partial charge in [-0.1, -0.05) is 12.1 Å². The van der Waals surface area contributed by atoms with Crippen LogP contribution < -0.4 is 25.1 Å². The molecule has 32 heavy (non-hydrogen) atoms. The van der Waals surface area contributed by atoms with Gasteiger partial charge in [-0.2, -0.15) is 0 Å². The van der Waals surface area contributed by atoms with Crippen LogP contribution in [0.25, 0.3) is 11.4 Å². The zero-order valence-electron chi connectivity index (χ0n) is 18.5. The Bertz CT molecular complexity index is 1140. The van der Waals surface area contributed by atoms with Crippen LogP contribution in [0.4, 0.5) is 5.69 Å². The molecule has 9 nitrogen and oxygen atoms in total. The number of hydrogen-bond donors (Lipinski definition) is 2. The molecule has 168 valence electrons. The third-order valence-electron chi connectivity index (χ3n) is 4.50. The summed E-state index contributed by atoms with van der Waals surface area (Å²) in [7, 11) is 3.06. The zero-order chi connectivity index (χ0) is 23.1. The monoisotopic (exact) mass is 438 g/mol. The molecule has 0 spiro atoms. The molecule has 1 amide bonds. The summed E-state index contributed by atoms with van der Waals surface area (Å²) in [6, 6.07) is 12.3. The third-order valence-corrected chi connectivity index (χ3v) is 4.50. The Morgan fingerprint density at radius 1 is 1.06 bits per heavy atom. The third kappa shape index (κ3) is 5.84. The maximum absolute atomic E-state index is 12.4. The van der Waals surface area contributed by atoms with Crippen molar-refractivity contribution in [2.24, 2.45) is 0 Å². The molecule has 3 aromatic rings. The minimum atomic E-state index is -0.385. The Kier molecular flexibility index (Phi) is 7.43. The number of amides is 1. The predicted molar refractivity (Wildman–Crippen MR) is 120 cm³/mol. The molecule has 9 heteroatoms. The highest BCUT2D eigenvalue weighted by molar-refractivity contribution is 5.91. The van der Waals surface area contributed by atoms with Gasteiger partial charge in [0, 0.05) is 30.2 Å². The standard InChI is InChI=1S/C23H26N4O5/c1-14(2)32-17-7-5-6-15(12-17)22-25-23(29)18(26-27-22)9-11-21(28)24-16-8-10-19(30-3)20(13-16)31-4/h5-8,10,12-14H,9,11H2,1-4H3,(H,24,28)(H,25,27,29). The molecule has 0 saturated carbocycles. The molecule has 1 aromatic heterocycles. The molecule has 0 aliphatic carbocycles. The van der Waals surface area contributed by atoms with Crippen molar-refractivity contribution in [1.82, 2.24) is 15.2 Å². The van der Waals surface area contributed by atoms with Crippen molar-refractivity contribution in [3.8, 4) is 28.6 Å². The molecule has 3 rings (SSSR count). The molecule has 0 bridgehead atoms. The van der Waals surface area contributed by atoms with Gasteiger partial charge in [0.1, 0.15) is 11.4 Å². The number of hydrogen-bond acceptors (Lipinski definition) is 7. The first kappa shape index (κ1) is 22.8. The van der Waals surface area contributed by atoms with E-state index in [0.29, 0.717) is 34.3 Å². The summed E-state index contributed by atoms with van der Waals surface area (Å²) >= 11 is 0. The summed E-state index contributed by atoms with van der Waals surface area (Å²) in [5, 5.41) is 10.9. The lowest BCUT2D eigenvalue weighted by atomic mass is 10.2. The van der Waals surface area contributed by atoms with Crippen LogP contribution in [-0.2, 0) is 11.2 Å². The number of rotatable bonds is 9. The molecule has 2 N–H and O–H groups in total. The maximum atomic E-state index is 12.4. The molecule has 0 atom stereocenters. The Morgan fingerprint density at radius 3 is 2.53 bits per heavy atom. The van der Waals surface area contributed by atoms with Gasteiger partial charge in [0.25, 0.3) is 5.56 Å². The second kappa shape index (κ2) is 10.4. The van der Waals surface area contributed by atoms with Crippen LogP contribution in [0.15, 0.2) is 47.3 Å². The number of nitrogens with one attached hydrogen (secondary N) is 2. The molecule has 0 aliphatic rings. The lowest BCUT2D eigenvalue weighted by molar-refractivity contribution is -0.116.